The fourth-order valence-electron chi connectivity index (χ4n) is 2.32. The Labute approximate surface area is 157 Å². The molecule has 0 aliphatic rings. The number of non-ortho nitro benzene ring substituents is 1. The van der Waals surface area contributed by atoms with Crippen molar-refractivity contribution in [2.45, 2.75) is 17.7 Å². The molecule has 0 radical (unpaired) electrons. The Balaban J connectivity index is 2.17. The van der Waals surface area contributed by atoms with E-state index in [4.69, 9.17) is 4.74 Å². The lowest BCUT2D eigenvalue weighted by Crippen LogP contribution is -2.19. The summed E-state index contributed by atoms with van der Waals surface area (Å²) in [6.45, 7) is 3.18. The van der Waals surface area contributed by atoms with E-state index < -0.39 is 14.9 Å². The maximum atomic E-state index is 12.5. The summed E-state index contributed by atoms with van der Waals surface area (Å²) in [5, 5.41) is 12.7. The number of aromatic nitrogens is 1. The molecule has 0 N–H and O–H groups in total. The first-order valence-corrected chi connectivity index (χ1v) is 10.8. The number of benzene rings is 1. The molecule has 0 spiro atoms. The molecule has 3 aromatic rings. The van der Waals surface area contributed by atoms with Crippen LogP contribution in [-0.4, -0.2) is 31.1 Å². The van der Waals surface area contributed by atoms with Gasteiger partial charge in [0.2, 0.25) is 4.80 Å². The highest BCUT2D eigenvalue weighted by molar-refractivity contribution is 7.92. The van der Waals surface area contributed by atoms with E-state index in [0.29, 0.717) is 30.0 Å². The zero-order chi connectivity index (χ0) is 18.7. The zero-order valence-electron chi connectivity index (χ0n) is 13.7. The lowest BCUT2D eigenvalue weighted by molar-refractivity contribution is -0.384. The van der Waals surface area contributed by atoms with Crippen molar-refractivity contribution in [1.82, 2.24) is 4.57 Å². The molecule has 26 heavy (non-hydrogen) atoms. The summed E-state index contributed by atoms with van der Waals surface area (Å²) in [4.78, 5) is 10.8. The number of rotatable bonds is 7. The van der Waals surface area contributed by atoms with Crippen LogP contribution in [0.3, 0.4) is 0 Å². The monoisotopic (exact) mass is 413 g/mol. The van der Waals surface area contributed by atoms with Crippen molar-refractivity contribution >= 4 is 48.6 Å². The quantitative estimate of drug-likeness (QED) is 0.336. The molecule has 8 nitrogen and oxygen atoms in total. The van der Waals surface area contributed by atoms with E-state index in [1.807, 2.05) is 6.92 Å². The second-order valence-electron chi connectivity index (χ2n) is 5.14. The minimum atomic E-state index is -3.84. The Morgan fingerprint density at radius 1 is 1.35 bits per heavy atom. The van der Waals surface area contributed by atoms with Crippen LogP contribution in [-0.2, 0) is 21.3 Å². The molecule has 138 valence electrons. The smallest absolute Gasteiger partial charge is 0.294 e. The van der Waals surface area contributed by atoms with Crippen LogP contribution in [0.5, 0.6) is 0 Å². The Hall–Kier alpha value is -2.08. The molecule has 0 fully saturated rings. The Kier molecular flexibility index (Phi) is 5.51. The Morgan fingerprint density at radius 2 is 2.15 bits per heavy atom. The lowest BCUT2D eigenvalue weighted by atomic mass is 10.3. The van der Waals surface area contributed by atoms with Crippen LogP contribution in [0, 0.1) is 10.1 Å². The van der Waals surface area contributed by atoms with Crippen LogP contribution < -0.4 is 4.80 Å². The van der Waals surface area contributed by atoms with Gasteiger partial charge in [0.1, 0.15) is 4.21 Å². The van der Waals surface area contributed by atoms with Crippen molar-refractivity contribution in [1.29, 1.82) is 0 Å². The number of hydrogen-bond acceptors (Lipinski definition) is 7. The third-order valence-electron chi connectivity index (χ3n) is 3.49. The summed E-state index contributed by atoms with van der Waals surface area (Å²) in [6, 6.07) is 7.56. The van der Waals surface area contributed by atoms with E-state index in [9.17, 15) is 18.5 Å². The van der Waals surface area contributed by atoms with Gasteiger partial charge in [0.25, 0.3) is 15.7 Å². The van der Waals surface area contributed by atoms with Gasteiger partial charge in [-0.25, -0.2) is 0 Å². The fraction of sp³-hybridized carbons (Fsp3) is 0.267. The van der Waals surface area contributed by atoms with Crippen LogP contribution in [0.25, 0.3) is 10.2 Å². The van der Waals surface area contributed by atoms with Gasteiger partial charge in [0, 0.05) is 25.3 Å². The van der Waals surface area contributed by atoms with Gasteiger partial charge in [-0.3, -0.25) is 10.1 Å². The molecule has 1 aromatic carbocycles. The van der Waals surface area contributed by atoms with E-state index in [1.54, 1.807) is 22.1 Å². The minimum absolute atomic E-state index is 0.0524. The summed E-state index contributed by atoms with van der Waals surface area (Å²) in [5.41, 5.74) is 0.629. The second kappa shape index (κ2) is 7.66. The maximum absolute atomic E-state index is 12.5. The van der Waals surface area contributed by atoms with Gasteiger partial charge >= 0.3 is 0 Å². The predicted octanol–water partition coefficient (Wildman–Crippen LogP) is 3.00. The van der Waals surface area contributed by atoms with Crippen molar-refractivity contribution in [3.8, 4) is 0 Å². The summed E-state index contributed by atoms with van der Waals surface area (Å²) in [5.74, 6) is 0. The SMILES string of the molecule is CCOCCn1c(=NS(=O)(=O)c2cccs2)sc2cc([N+](=O)[O-])ccc21. The number of hydrogen-bond donors (Lipinski definition) is 0. The highest BCUT2D eigenvalue weighted by atomic mass is 32.2. The minimum Gasteiger partial charge on any atom is -0.380 e. The van der Waals surface area contributed by atoms with E-state index in [2.05, 4.69) is 4.40 Å². The van der Waals surface area contributed by atoms with Crippen LogP contribution in [0.2, 0.25) is 0 Å². The number of sulfonamides is 1. The number of nitrogens with zero attached hydrogens (tertiary/aromatic N) is 3. The predicted molar refractivity (Wildman–Crippen MR) is 100 cm³/mol. The molecular formula is C15H15N3O5S3. The van der Waals surface area contributed by atoms with Crippen molar-refractivity contribution < 1.29 is 18.1 Å². The molecule has 2 aromatic heterocycles. The van der Waals surface area contributed by atoms with Crippen molar-refractivity contribution in [3.05, 3.63) is 50.6 Å². The van der Waals surface area contributed by atoms with Gasteiger partial charge in [0.05, 0.1) is 21.7 Å². The molecular weight excluding hydrogens is 398 g/mol. The molecule has 0 aliphatic carbocycles. The molecule has 0 atom stereocenters. The highest BCUT2D eigenvalue weighted by Crippen LogP contribution is 2.24. The number of fused-ring (bicyclic) bond motifs is 1. The van der Waals surface area contributed by atoms with Crippen LogP contribution in [0.15, 0.2) is 44.3 Å². The number of ether oxygens (including phenoxy) is 1. The maximum Gasteiger partial charge on any atom is 0.294 e. The van der Waals surface area contributed by atoms with Gasteiger partial charge in [-0.05, 0) is 24.4 Å². The second-order valence-corrected chi connectivity index (χ2v) is 8.93. The summed E-state index contributed by atoms with van der Waals surface area (Å²) < 4.78 is 36.8. The van der Waals surface area contributed by atoms with Gasteiger partial charge in [0.15, 0.2) is 0 Å². The fourth-order valence-corrected chi connectivity index (χ4v) is 5.58. The van der Waals surface area contributed by atoms with Gasteiger partial charge in [-0.15, -0.1) is 15.7 Å². The number of nitro benzene ring substituents is 1. The molecule has 0 bridgehead atoms. The largest absolute Gasteiger partial charge is 0.380 e. The molecule has 0 unspecified atom stereocenters. The van der Waals surface area contributed by atoms with Crippen molar-refractivity contribution in [3.63, 3.8) is 0 Å². The number of thiazole rings is 1. The topological polar surface area (TPSA) is 104 Å². The number of thiophene rings is 1. The first kappa shape index (κ1) is 18.7. The van der Waals surface area contributed by atoms with Crippen molar-refractivity contribution in [2.75, 3.05) is 13.2 Å². The molecule has 0 saturated heterocycles. The summed E-state index contributed by atoms with van der Waals surface area (Å²) >= 11 is 2.19. The molecule has 3 rings (SSSR count). The first-order valence-electron chi connectivity index (χ1n) is 7.62. The average molecular weight is 414 g/mol. The van der Waals surface area contributed by atoms with Crippen LogP contribution >= 0.6 is 22.7 Å². The van der Waals surface area contributed by atoms with Gasteiger partial charge in [-0.2, -0.15) is 8.42 Å². The number of nitro groups is 1. The normalized spacial score (nSPS) is 12.7. The molecule has 2 heterocycles. The van der Waals surface area contributed by atoms with E-state index in [-0.39, 0.29) is 14.7 Å². The average Bonchev–Trinajstić information content (AvgIpc) is 3.23. The highest BCUT2D eigenvalue weighted by Gasteiger charge is 2.17. The molecule has 0 saturated carbocycles. The summed E-state index contributed by atoms with van der Waals surface area (Å²) in [7, 11) is -3.84. The van der Waals surface area contributed by atoms with Crippen LogP contribution in [0.1, 0.15) is 6.92 Å². The summed E-state index contributed by atoms with van der Waals surface area (Å²) in [6.07, 6.45) is 0. The Morgan fingerprint density at radius 3 is 2.81 bits per heavy atom. The van der Waals surface area contributed by atoms with Gasteiger partial charge in [-0.1, -0.05) is 17.4 Å². The molecule has 11 heteroatoms. The van der Waals surface area contributed by atoms with E-state index in [1.165, 1.54) is 18.2 Å². The van der Waals surface area contributed by atoms with Gasteiger partial charge < -0.3 is 9.30 Å². The lowest BCUT2D eigenvalue weighted by Gasteiger charge is -2.05. The van der Waals surface area contributed by atoms with Crippen LogP contribution in [0.4, 0.5) is 5.69 Å². The zero-order valence-corrected chi connectivity index (χ0v) is 16.1. The van der Waals surface area contributed by atoms with E-state index >= 15 is 0 Å². The Bertz CT molecular complexity index is 1100. The molecule has 0 amide bonds. The van der Waals surface area contributed by atoms with E-state index in [0.717, 1.165) is 22.7 Å². The standard InChI is InChI=1S/C15H15N3O5S3/c1-2-23-8-7-17-12-6-5-11(18(19)20)10-13(12)25-15(17)16-26(21,22)14-4-3-9-24-14/h3-6,9-10H,2,7-8H2,1H3. The molecule has 0 aliphatic heterocycles. The van der Waals surface area contributed by atoms with Crippen molar-refractivity contribution in [2.24, 2.45) is 4.40 Å². The third-order valence-corrected chi connectivity index (χ3v) is 7.28. The first-order chi connectivity index (χ1) is 12.4. The third kappa shape index (κ3) is 3.85.